The number of fused-ring (bicyclic) bond motifs is 2. The van der Waals surface area contributed by atoms with Crippen molar-refractivity contribution in [3.05, 3.63) is 41.5 Å². The third-order valence-corrected chi connectivity index (χ3v) is 7.13. The number of carbonyl (C=O) groups is 2. The number of nitrogens with zero attached hydrogens (tertiary/aromatic N) is 1. The van der Waals surface area contributed by atoms with Gasteiger partial charge in [0.15, 0.2) is 17.6 Å². The first kappa shape index (κ1) is 21.9. The van der Waals surface area contributed by atoms with E-state index in [1.54, 1.807) is 38.1 Å². The molecule has 2 amide bonds. The number of hydrogen-bond acceptors (Lipinski definition) is 7. The second-order valence-electron chi connectivity index (χ2n) is 7.59. The lowest BCUT2D eigenvalue weighted by Crippen LogP contribution is -2.38. The van der Waals surface area contributed by atoms with Crippen molar-refractivity contribution in [1.29, 1.82) is 0 Å². The molecule has 0 saturated heterocycles. The summed E-state index contributed by atoms with van der Waals surface area (Å²) in [4.78, 5) is 24.2. The molecule has 0 fully saturated rings. The Morgan fingerprint density at radius 1 is 1.19 bits per heavy atom. The van der Waals surface area contributed by atoms with Crippen LogP contribution in [0.1, 0.15) is 18.1 Å². The third kappa shape index (κ3) is 4.21. The molecule has 32 heavy (non-hydrogen) atoms. The molecule has 10 nitrogen and oxygen atoms in total. The molecule has 170 valence electrons. The second-order valence-corrected chi connectivity index (χ2v) is 9.60. The lowest BCUT2D eigenvalue weighted by molar-refractivity contribution is -0.123. The molecule has 0 aromatic heterocycles. The van der Waals surface area contributed by atoms with E-state index in [2.05, 4.69) is 10.6 Å². The van der Waals surface area contributed by atoms with Gasteiger partial charge < -0.3 is 24.8 Å². The van der Waals surface area contributed by atoms with E-state index in [-0.39, 0.29) is 36.4 Å². The van der Waals surface area contributed by atoms with Gasteiger partial charge in [-0.2, -0.15) is 4.31 Å². The van der Waals surface area contributed by atoms with Crippen molar-refractivity contribution in [2.45, 2.75) is 31.4 Å². The van der Waals surface area contributed by atoms with Crippen molar-refractivity contribution in [1.82, 2.24) is 9.62 Å². The van der Waals surface area contributed by atoms with Gasteiger partial charge in [-0.1, -0.05) is 6.07 Å². The Morgan fingerprint density at radius 3 is 2.72 bits per heavy atom. The maximum atomic E-state index is 13.1. The van der Waals surface area contributed by atoms with Crippen LogP contribution in [0.2, 0.25) is 0 Å². The number of nitrogens with one attached hydrogen (secondary N) is 2. The average molecular weight is 461 g/mol. The fraction of sp³-hybridized carbons (Fsp3) is 0.333. The Labute approximate surface area is 185 Å². The summed E-state index contributed by atoms with van der Waals surface area (Å²) in [6.45, 7) is 3.20. The first-order valence-electron chi connectivity index (χ1n) is 9.89. The topological polar surface area (TPSA) is 123 Å². The number of rotatable bonds is 6. The Bertz CT molecular complexity index is 1200. The maximum absolute atomic E-state index is 13.1. The van der Waals surface area contributed by atoms with Gasteiger partial charge in [0.05, 0.1) is 17.1 Å². The molecule has 2 heterocycles. The molecule has 0 radical (unpaired) electrons. The Balaban J connectivity index is 1.43. The summed E-state index contributed by atoms with van der Waals surface area (Å²) in [7, 11) is -2.64. The minimum atomic E-state index is -3.98. The van der Waals surface area contributed by atoms with Gasteiger partial charge in [0.25, 0.3) is 5.91 Å². The number of aryl methyl sites for hydroxylation is 1. The van der Waals surface area contributed by atoms with Crippen LogP contribution in [0.25, 0.3) is 0 Å². The monoisotopic (exact) mass is 461 g/mol. The number of ether oxygens (including phenoxy) is 3. The van der Waals surface area contributed by atoms with E-state index in [0.29, 0.717) is 22.7 Å². The lowest BCUT2D eigenvalue weighted by Gasteiger charge is -2.25. The van der Waals surface area contributed by atoms with E-state index < -0.39 is 22.0 Å². The maximum Gasteiger partial charge on any atom is 0.265 e. The normalized spacial score (nSPS) is 16.9. The largest absolute Gasteiger partial charge is 0.479 e. The van der Waals surface area contributed by atoms with Crippen LogP contribution in [0.15, 0.2) is 35.2 Å². The summed E-state index contributed by atoms with van der Waals surface area (Å²) < 4.78 is 43.3. The highest BCUT2D eigenvalue weighted by Gasteiger charge is 2.30. The molecule has 2 aromatic rings. The predicted molar refractivity (Wildman–Crippen MR) is 114 cm³/mol. The van der Waals surface area contributed by atoms with Crippen LogP contribution >= 0.6 is 0 Å². The van der Waals surface area contributed by atoms with Crippen molar-refractivity contribution < 1.29 is 32.2 Å². The zero-order valence-electron chi connectivity index (χ0n) is 17.8. The van der Waals surface area contributed by atoms with Crippen LogP contribution in [0.3, 0.4) is 0 Å². The number of anilines is 1. The second kappa shape index (κ2) is 8.32. The summed E-state index contributed by atoms with van der Waals surface area (Å²) in [6.07, 6.45) is -0.736. The minimum absolute atomic E-state index is 0.00525. The molecule has 0 spiro atoms. The van der Waals surface area contributed by atoms with Crippen LogP contribution in [0.5, 0.6) is 17.2 Å². The number of benzene rings is 2. The number of amides is 2. The van der Waals surface area contributed by atoms with Crippen LogP contribution in [-0.2, 0) is 26.2 Å². The Kier molecular flexibility index (Phi) is 5.70. The third-order valence-electron chi connectivity index (χ3n) is 5.19. The van der Waals surface area contributed by atoms with E-state index in [0.717, 1.165) is 9.87 Å². The fourth-order valence-corrected chi connectivity index (χ4v) is 4.73. The first-order chi connectivity index (χ1) is 15.1. The fourth-order valence-electron chi connectivity index (χ4n) is 3.38. The van der Waals surface area contributed by atoms with Gasteiger partial charge in [-0.25, -0.2) is 8.42 Å². The Hall–Kier alpha value is -3.31. The lowest BCUT2D eigenvalue weighted by atomic mass is 10.1. The van der Waals surface area contributed by atoms with Crippen molar-refractivity contribution in [3.63, 3.8) is 0 Å². The summed E-state index contributed by atoms with van der Waals surface area (Å²) >= 11 is 0. The molecule has 2 N–H and O–H groups in total. The highest BCUT2D eigenvalue weighted by Crippen LogP contribution is 2.35. The number of hydrogen-bond donors (Lipinski definition) is 2. The summed E-state index contributed by atoms with van der Waals surface area (Å²) in [5.74, 6) is 0.753. The van der Waals surface area contributed by atoms with Crippen molar-refractivity contribution in [2.75, 3.05) is 25.7 Å². The van der Waals surface area contributed by atoms with Gasteiger partial charge in [-0.15, -0.1) is 0 Å². The van der Waals surface area contributed by atoms with Crippen LogP contribution in [-0.4, -0.2) is 51.0 Å². The van der Waals surface area contributed by atoms with Crippen LogP contribution < -0.4 is 24.8 Å². The summed E-state index contributed by atoms with van der Waals surface area (Å²) in [5.41, 5.74) is 1.63. The van der Waals surface area contributed by atoms with Gasteiger partial charge in [-0.05, 0) is 43.2 Å². The highest BCUT2D eigenvalue weighted by atomic mass is 32.2. The van der Waals surface area contributed by atoms with Crippen LogP contribution in [0.4, 0.5) is 5.69 Å². The molecule has 2 aliphatic rings. The van der Waals surface area contributed by atoms with Crippen molar-refractivity contribution >= 4 is 27.5 Å². The molecule has 2 aliphatic heterocycles. The molecular formula is C21H23N3O7S. The highest BCUT2D eigenvalue weighted by molar-refractivity contribution is 7.89. The summed E-state index contributed by atoms with van der Waals surface area (Å²) in [5, 5.41) is 5.39. The molecule has 2 aromatic carbocycles. The summed E-state index contributed by atoms with van der Waals surface area (Å²) in [6, 6.07) is 8.23. The van der Waals surface area contributed by atoms with E-state index in [9.17, 15) is 18.0 Å². The van der Waals surface area contributed by atoms with E-state index >= 15 is 0 Å². The Morgan fingerprint density at radius 2 is 1.94 bits per heavy atom. The van der Waals surface area contributed by atoms with Gasteiger partial charge in [0.2, 0.25) is 22.7 Å². The smallest absolute Gasteiger partial charge is 0.265 e. The minimum Gasteiger partial charge on any atom is -0.479 e. The average Bonchev–Trinajstić information content (AvgIpc) is 3.21. The van der Waals surface area contributed by atoms with E-state index in [1.165, 1.54) is 13.1 Å². The van der Waals surface area contributed by atoms with E-state index in [1.807, 2.05) is 0 Å². The van der Waals surface area contributed by atoms with Gasteiger partial charge >= 0.3 is 0 Å². The van der Waals surface area contributed by atoms with E-state index in [4.69, 9.17) is 14.2 Å². The zero-order valence-corrected chi connectivity index (χ0v) is 18.6. The zero-order chi connectivity index (χ0) is 23.0. The molecule has 0 bridgehead atoms. The standard InChI is InChI=1S/C21H23N3O7S/c1-12-6-15-17(31-13(2)21(26)23-15)8-19(12)32(27,28)24(3)10-20(25)22-9-14-4-5-16-18(7-14)30-11-29-16/h4-8,13H,9-11H2,1-3H3,(H,22,25)(H,23,26)/t13-/m1/s1. The molecule has 11 heteroatoms. The number of carbonyl (C=O) groups excluding carboxylic acids is 2. The van der Waals surface area contributed by atoms with Gasteiger partial charge in [0, 0.05) is 19.7 Å². The van der Waals surface area contributed by atoms with Crippen molar-refractivity contribution in [3.8, 4) is 17.2 Å². The number of sulfonamides is 1. The quantitative estimate of drug-likeness (QED) is 0.666. The molecule has 4 rings (SSSR count). The molecular weight excluding hydrogens is 438 g/mol. The first-order valence-corrected chi connectivity index (χ1v) is 11.3. The predicted octanol–water partition coefficient (Wildman–Crippen LogP) is 1.38. The molecule has 0 saturated carbocycles. The van der Waals surface area contributed by atoms with Gasteiger partial charge in [-0.3, -0.25) is 9.59 Å². The molecule has 0 aliphatic carbocycles. The molecule has 0 unspecified atom stereocenters. The number of likely N-dealkylation sites (N-methyl/N-ethyl adjacent to an activating group) is 1. The SMILES string of the molecule is Cc1cc2c(cc1S(=O)(=O)N(C)CC(=O)NCc1ccc3c(c1)OCO3)O[C@H](C)C(=O)N2. The van der Waals surface area contributed by atoms with Crippen molar-refractivity contribution in [2.24, 2.45) is 0 Å². The van der Waals surface area contributed by atoms with Gasteiger partial charge in [0.1, 0.15) is 5.75 Å². The molecule has 1 atom stereocenters. The van der Waals surface area contributed by atoms with Crippen LogP contribution in [0, 0.1) is 6.92 Å².